The first-order chi connectivity index (χ1) is 9.51. The molecule has 0 saturated carbocycles. The predicted molar refractivity (Wildman–Crippen MR) is 78.8 cm³/mol. The number of carbonyl (C=O) groups excluding carboxylic acids is 1. The third-order valence-corrected chi connectivity index (χ3v) is 6.67. The maximum atomic E-state index is 12.2. The second kappa shape index (κ2) is 4.82. The lowest BCUT2D eigenvalue weighted by molar-refractivity contribution is 0.0659. The highest BCUT2D eigenvalue weighted by atomic mass is 32.2. The molecule has 1 saturated heterocycles. The van der Waals surface area contributed by atoms with Gasteiger partial charge in [-0.1, -0.05) is 19.1 Å². The monoisotopic (exact) mass is 310 g/mol. The molecule has 3 rings (SSSR count). The summed E-state index contributed by atoms with van der Waals surface area (Å²) in [4.78, 5) is 18.1. The summed E-state index contributed by atoms with van der Waals surface area (Å²) in [5.41, 5.74) is 0.805. The molecule has 0 bridgehead atoms. The second-order valence-electron chi connectivity index (χ2n) is 4.77. The molecule has 0 unspecified atom stereocenters. The van der Waals surface area contributed by atoms with Crippen molar-refractivity contribution in [2.75, 3.05) is 18.8 Å². The molecule has 0 spiro atoms. The van der Waals surface area contributed by atoms with Gasteiger partial charge in [0.25, 0.3) is 5.91 Å². The van der Waals surface area contributed by atoms with Crippen molar-refractivity contribution in [3.63, 3.8) is 0 Å². The van der Waals surface area contributed by atoms with Gasteiger partial charge >= 0.3 is 0 Å². The van der Waals surface area contributed by atoms with Gasteiger partial charge in [-0.05, 0) is 12.1 Å². The summed E-state index contributed by atoms with van der Waals surface area (Å²) in [5, 5.41) is 0.0179. The molecular formula is C13H14N2O3S2. The number of rotatable bonds is 3. The maximum absolute atomic E-state index is 12.2. The fraction of sp³-hybridized carbons (Fsp3) is 0.385. The highest BCUT2D eigenvalue weighted by Gasteiger charge is 2.39. The molecule has 1 aliphatic heterocycles. The first-order valence-electron chi connectivity index (χ1n) is 6.37. The van der Waals surface area contributed by atoms with Crippen LogP contribution in [0.25, 0.3) is 10.2 Å². The molecule has 1 aromatic heterocycles. The van der Waals surface area contributed by atoms with Gasteiger partial charge in [-0.3, -0.25) is 4.79 Å². The van der Waals surface area contributed by atoms with Gasteiger partial charge in [-0.25, -0.2) is 13.4 Å². The first-order valence-corrected chi connectivity index (χ1v) is 8.91. The molecule has 1 aromatic carbocycles. The summed E-state index contributed by atoms with van der Waals surface area (Å²) in [6.07, 6.45) is 0. The largest absolute Gasteiger partial charge is 0.334 e. The van der Waals surface area contributed by atoms with Crippen molar-refractivity contribution in [3.05, 3.63) is 29.3 Å². The van der Waals surface area contributed by atoms with Gasteiger partial charge < -0.3 is 4.90 Å². The predicted octanol–water partition coefficient (Wildman–Crippen LogP) is 1.56. The highest BCUT2D eigenvalue weighted by Crippen LogP contribution is 2.25. The van der Waals surface area contributed by atoms with Gasteiger partial charge in [0.15, 0.2) is 14.8 Å². The molecule has 2 aromatic rings. The van der Waals surface area contributed by atoms with Gasteiger partial charge in [0.1, 0.15) is 0 Å². The molecule has 1 aliphatic rings. The Morgan fingerprint density at radius 3 is 2.75 bits per heavy atom. The van der Waals surface area contributed by atoms with E-state index < -0.39 is 15.1 Å². The van der Waals surface area contributed by atoms with Crippen molar-refractivity contribution >= 4 is 37.3 Å². The lowest BCUT2D eigenvalue weighted by Gasteiger charge is -2.37. The number of thiazole rings is 1. The van der Waals surface area contributed by atoms with E-state index in [1.807, 2.05) is 24.3 Å². The number of fused-ring (bicyclic) bond motifs is 1. The standard InChI is InChI=1S/C13H14N2O3S2/c1-2-20(17,18)9-7-15(8-9)13(16)12-14-10-5-3-4-6-11(10)19-12/h3-6,9H,2,7-8H2,1H3. The Hall–Kier alpha value is -1.47. The highest BCUT2D eigenvalue weighted by molar-refractivity contribution is 7.92. The Morgan fingerprint density at radius 1 is 1.40 bits per heavy atom. The van der Waals surface area contributed by atoms with E-state index in [-0.39, 0.29) is 24.7 Å². The van der Waals surface area contributed by atoms with E-state index in [1.54, 1.807) is 11.8 Å². The number of likely N-dealkylation sites (tertiary alicyclic amines) is 1. The number of carbonyl (C=O) groups is 1. The minimum absolute atomic E-state index is 0.126. The van der Waals surface area contributed by atoms with E-state index in [0.29, 0.717) is 5.01 Å². The summed E-state index contributed by atoms with van der Waals surface area (Å²) in [6.45, 7) is 2.20. The van der Waals surface area contributed by atoms with Gasteiger partial charge in [-0.2, -0.15) is 0 Å². The average molecular weight is 310 g/mol. The van der Waals surface area contributed by atoms with Crippen LogP contribution < -0.4 is 0 Å². The number of benzene rings is 1. The smallest absolute Gasteiger partial charge is 0.282 e. The van der Waals surface area contributed by atoms with Crippen molar-refractivity contribution < 1.29 is 13.2 Å². The third-order valence-electron chi connectivity index (χ3n) is 3.52. The van der Waals surface area contributed by atoms with Crippen LogP contribution in [-0.2, 0) is 9.84 Å². The van der Waals surface area contributed by atoms with Gasteiger partial charge in [0.2, 0.25) is 0 Å². The fourth-order valence-electron chi connectivity index (χ4n) is 2.17. The summed E-state index contributed by atoms with van der Waals surface area (Å²) in [6, 6.07) is 7.57. The zero-order valence-corrected chi connectivity index (χ0v) is 12.6. The van der Waals surface area contributed by atoms with Crippen molar-refractivity contribution in [3.8, 4) is 0 Å². The fourth-order valence-corrected chi connectivity index (χ4v) is 4.38. The Labute approximate surface area is 121 Å². The van der Waals surface area contributed by atoms with E-state index in [0.717, 1.165) is 10.2 Å². The normalized spacial score (nSPS) is 16.4. The summed E-state index contributed by atoms with van der Waals surface area (Å²) >= 11 is 1.35. The number of para-hydroxylation sites is 1. The van der Waals surface area contributed by atoms with Gasteiger partial charge in [-0.15, -0.1) is 11.3 Å². The maximum Gasteiger partial charge on any atom is 0.282 e. The zero-order chi connectivity index (χ0) is 14.3. The number of nitrogens with zero attached hydrogens (tertiary/aromatic N) is 2. The molecule has 0 aliphatic carbocycles. The van der Waals surface area contributed by atoms with Crippen LogP contribution in [0.5, 0.6) is 0 Å². The Balaban J connectivity index is 1.75. The van der Waals surface area contributed by atoms with E-state index in [4.69, 9.17) is 0 Å². The lowest BCUT2D eigenvalue weighted by Crippen LogP contribution is -2.57. The molecule has 106 valence electrons. The van der Waals surface area contributed by atoms with E-state index in [1.165, 1.54) is 11.3 Å². The van der Waals surface area contributed by atoms with Crippen molar-refractivity contribution in [2.45, 2.75) is 12.2 Å². The average Bonchev–Trinajstić information content (AvgIpc) is 2.80. The van der Waals surface area contributed by atoms with Crippen molar-refractivity contribution in [2.24, 2.45) is 0 Å². The van der Waals surface area contributed by atoms with E-state index in [9.17, 15) is 13.2 Å². The van der Waals surface area contributed by atoms with Crippen LogP contribution in [0, 0.1) is 0 Å². The van der Waals surface area contributed by atoms with Gasteiger partial charge in [0.05, 0.1) is 15.5 Å². The summed E-state index contributed by atoms with van der Waals surface area (Å²) in [5.74, 6) is -0.0466. The van der Waals surface area contributed by atoms with Crippen molar-refractivity contribution in [1.82, 2.24) is 9.88 Å². The quantitative estimate of drug-likeness (QED) is 0.863. The number of sulfone groups is 1. The first kappa shape index (κ1) is 13.5. The second-order valence-corrected chi connectivity index (χ2v) is 8.37. The molecule has 1 amide bonds. The topological polar surface area (TPSA) is 67.3 Å². The molecule has 0 atom stereocenters. The van der Waals surface area contributed by atoms with E-state index >= 15 is 0 Å². The molecule has 5 nitrogen and oxygen atoms in total. The Bertz CT molecular complexity index is 728. The van der Waals surface area contributed by atoms with Gasteiger partial charge in [0, 0.05) is 18.8 Å². The number of amides is 1. The van der Waals surface area contributed by atoms with Crippen LogP contribution in [0.4, 0.5) is 0 Å². The van der Waals surface area contributed by atoms with E-state index in [2.05, 4.69) is 4.98 Å². The zero-order valence-electron chi connectivity index (χ0n) is 10.9. The molecule has 0 N–H and O–H groups in total. The Kier molecular flexibility index (Phi) is 3.25. The molecule has 1 fully saturated rings. The Morgan fingerprint density at radius 2 is 2.10 bits per heavy atom. The van der Waals surface area contributed by atoms with Crippen LogP contribution in [0.1, 0.15) is 16.7 Å². The molecule has 2 heterocycles. The van der Waals surface area contributed by atoms with Crippen LogP contribution in [-0.4, -0.2) is 48.3 Å². The molecule has 20 heavy (non-hydrogen) atoms. The molecular weight excluding hydrogens is 296 g/mol. The lowest BCUT2D eigenvalue weighted by atomic mass is 10.2. The number of aromatic nitrogens is 1. The molecule has 7 heteroatoms. The SMILES string of the molecule is CCS(=O)(=O)C1CN(C(=O)c2nc3ccccc3s2)C1. The van der Waals surface area contributed by atoms with Crippen molar-refractivity contribution in [1.29, 1.82) is 0 Å². The molecule has 0 radical (unpaired) electrons. The number of hydrogen-bond donors (Lipinski definition) is 0. The van der Waals surface area contributed by atoms with Crippen LogP contribution >= 0.6 is 11.3 Å². The van der Waals surface area contributed by atoms with Crippen LogP contribution in [0.2, 0.25) is 0 Å². The minimum Gasteiger partial charge on any atom is -0.334 e. The minimum atomic E-state index is -3.05. The number of hydrogen-bond acceptors (Lipinski definition) is 5. The van der Waals surface area contributed by atoms with Crippen LogP contribution in [0.3, 0.4) is 0 Å². The third kappa shape index (κ3) is 2.20. The van der Waals surface area contributed by atoms with Crippen LogP contribution in [0.15, 0.2) is 24.3 Å². The summed E-state index contributed by atoms with van der Waals surface area (Å²) in [7, 11) is -3.05. The summed E-state index contributed by atoms with van der Waals surface area (Å²) < 4.78 is 24.3.